The summed E-state index contributed by atoms with van der Waals surface area (Å²) in [5.74, 6) is 0.828. The van der Waals surface area contributed by atoms with E-state index in [0.29, 0.717) is 51.5 Å². The fraction of sp³-hybridized carbons (Fsp3) is 0.278. The topological polar surface area (TPSA) is 29.1 Å². The highest BCUT2D eigenvalue weighted by Gasteiger charge is 2.07. The van der Waals surface area contributed by atoms with Gasteiger partial charge in [-0.05, 0) is 36.2 Å². The van der Waals surface area contributed by atoms with Crippen LogP contribution in [-0.4, -0.2) is 18.2 Å². The predicted octanol–water partition coefficient (Wildman–Crippen LogP) is 5.77. The number of thioether (sulfide) groups is 1. The molecule has 0 aliphatic rings. The Morgan fingerprint density at radius 2 is 1.88 bits per heavy atom. The second-order valence-electron chi connectivity index (χ2n) is 5.35. The van der Waals surface area contributed by atoms with Crippen molar-refractivity contribution in [1.29, 1.82) is 0 Å². The highest BCUT2D eigenvalue weighted by Crippen LogP contribution is 2.24. The van der Waals surface area contributed by atoms with E-state index in [-0.39, 0.29) is 11.7 Å². The largest absolute Gasteiger partial charge is 0.355 e. The Morgan fingerprint density at radius 3 is 2.60 bits per heavy atom. The number of hydrogen-bond donors (Lipinski definition) is 1. The summed E-state index contributed by atoms with van der Waals surface area (Å²) in [6, 6.07) is 10.0. The van der Waals surface area contributed by atoms with Gasteiger partial charge in [-0.15, -0.1) is 0 Å². The molecule has 1 N–H and O–H groups in total. The molecule has 2 nitrogen and oxygen atoms in total. The molecule has 0 fully saturated rings. The zero-order chi connectivity index (χ0) is 18.2. The molecular formula is C18H17Cl3FNOS. The number of amides is 1. The Bertz CT molecular complexity index is 722. The Morgan fingerprint density at radius 1 is 1.08 bits per heavy atom. The smallest absolute Gasteiger partial charge is 0.220 e. The third-order valence-corrected chi connectivity index (χ3v) is 5.58. The molecule has 0 spiro atoms. The standard InChI is InChI=1S/C18H17Cl3FNOS/c19-14-2-1-3-17(22)13(14)11-25-9-8-23-18(24)7-5-12-4-6-15(20)16(21)10-12/h1-4,6,10H,5,7-9,11H2,(H,23,24). The first-order chi connectivity index (χ1) is 12.0. The van der Waals surface area contributed by atoms with Crippen molar-refractivity contribution in [1.82, 2.24) is 5.32 Å². The van der Waals surface area contributed by atoms with Crippen LogP contribution in [0.3, 0.4) is 0 Å². The van der Waals surface area contributed by atoms with Crippen LogP contribution in [0, 0.1) is 5.82 Å². The number of halogens is 4. The van der Waals surface area contributed by atoms with Crippen LogP contribution in [0.2, 0.25) is 15.1 Å². The first-order valence-electron chi connectivity index (χ1n) is 7.68. The molecule has 0 radical (unpaired) electrons. The van der Waals surface area contributed by atoms with E-state index in [0.717, 1.165) is 5.56 Å². The average Bonchev–Trinajstić information content (AvgIpc) is 2.58. The zero-order valence-corrected chi connectivity index (χ0v) is 16.4. The fourth-order valence-electron chi connectivity index (χ4n) is 2.15. The molecular weight excluding hydrogens is 404 g/mol. The van der Waals surface area contributed by atoms with Crippen LogP contribution in [0.4, 0.5) is 4.39 Å². The molecule has 0 saturated heterocycles. The van der Waals surface area contributed by atoms with Gasteiger partial charge in [0.25, 0.3) is 0 Å². The van der Waals surface area contributed by atoms with E-state index in [1.165, 1.54) is 17.8 Å². The van der Waals surface area contributed by atoms with Crippen LogP contribution in [-0.2, 0) is 17.0 Å². The number of aryl methyl sites for hydroxylation is 1. The lowest BCUT2D eigenvalue weighted by atomic mass is 10.1. The molecule has 25 heavy (non-hydrogen) atoms. The van der Waals surface area contributed by atoms with Gasteiger partial charge in [0.2, 0.25) is 5.91 Å². The van der Waals surface area contributed by atoms with Crippen LogP contribution < -0.4 is 5.32 Å². The minimum absolute atomic E-state index is 0.0319. The van der Waals surface area contributed by atoms with Crippen molar-refractivity contribution in [3.8, 4) is 0 Å². The van der Waals surface area contributed by atoms with E-state index >= 15 is 0 Å². The number of nitrogens with one attached hydrogen (secondary N) is 1. The summed E-state index contributed by atoms with van der Waals surface area (Å²) in [6.07, 6.45) is 0.975. The monoisotopic (exact) mass is 419 g/mol. The maximum absolute atomic E-state index is 13.6. The highest BCUT2D eigenvalue weighted by molar-refractivity contribution is 7.98. The third-order valence-electron chi connectivity index (χ3n) is 3.50. The Hall–Kier alpha value is -0.940. The molecule has 0 saturated carbocycles. The number of carbonyl (C=O) groups is 1. The second kappa shape index (κ2) is 10.3. The van der Waals surface area contributed by atoms with Crippen LogP contribution in [0.25, 0.3) is 0 Å². The van der Waals surface area contributed by atoms with Gasteiger partial charge in [-0.25, -0.2) is 4.39 Å². The summed E-state index contributed by atoms with van der Waals surface area (Å²) in [5.41, 5.74) is 1.47. The van der Waals surface area contributed by atoms with Crippen molar-refractivity contribution in [2.75, 3.05) is 12.3 Å². The molecule has 134 valence electrons. The molecule has 0 unspecified atom stereocenters. The summed E-state index contributed by atoms with van der Waals surface area (Å²) in [5, 5.41) is 4.27. The van der Waals surface area contributed by atoms with Gasteiger partial charge in [-0.2, -0.15) is 11.8 Å². The molecule has 2 rings (SSSR count). The maximum Gasteiger partial charge on any atom is 0.220 e. The van der Waals surface area contributed by atoms with Crippen molar-refractivity contribution in [2.45, 2.75) is 18.6 Å². The van der Waals surface area contributed by atoms with E-state index < -0.39 is 0 Å². The summed E-state index contributed by atoms with van der Waals surface area (Å²) in [7, 11) is 0. The molecule has 0 aromatic heterocycles. The molecule has 0 heterocycles. The van der Waals surface area contributed by atoms with Gasteiger partial charge in [0.1, 0.15) is 5.82 Å². The van der Waals surface area contributed by atoms with Crippen LogP contribution in [0.1, 0.15) is 17.5 Å². The molecule has 0 aliphatic carbocycles. The molecule has 0 atom stereocenters. The average molecular weight is 421 g/mol. The summed E-state index contributed by atoms with van der Waals surface area (Å²) in [6.45, 7) is 0.525. The second-order valence-corrected chi connectivity index (χ2v) is 7.68. The normalized spacial score (nSPS) is 10.7. The third kappa shape index (κ3) is 6.70. The van der Waals surface area contributed by atoms with Crippen molar-refractivity contribution in [3.05, 3.63) is 68.4 Å². The van der Waals surface area contributed by atoms with Crippen molar-refractivity contribution in [2.24, 2.45) is 0 Å². The minimum atomic E-state index is -0.300. The molecule has 2 aromatic rings. The summed E-state index contributed by atoms with van der Waals surface area (Å²) >= 11 is 19.3. The van der Waals surface area contributed by atoms with Crippen molar-refractivity contribution in [3.63, 3.8) is 0 Å². The van der Waals surface area contributed by atoms with E-state index in [9.17, 15) is 9.18 Å². The minimum Gasteiger partial charge on any atom is -0.355 e. The summed E-state index contributed by atoms with van der Waals surface area (Å²) in [4.78, 5) is 11.8. The van der Waals surface area contributed by atoms with E-state index in [1.54, 1.807) is 24.3 Å². The quantitative estimate of drug-likeness (QED) is 0.549. The van der Waals surface area contributed by atoms with Crippen LogP contribution in [0.15, 0.2) is 36.4 Å². The fourth-order valence-corrected chi connectivity index (χ4v) is 3.67. The Balaban J connectivity index is 1.64. The molecule has 7 heteroatoms. The first-order valence-corrected chi connectivity index (χ1v) is 9.97. The van der Waals surface area contributed by atoms with Gasteiger partial charge < -0.3 is 5.32 Å². The highest BCUT2D eigenvalue weighted by atomic mass is 35.5. The van der Waals surface area contributed by atoms with Gasteiger partial charge in [0.05, 0.1) is 10.0 Å². The summed E-state index contributed by atoms with van der Waals surface area (Å²) < 4.78 is 13.6. The molecule has 2 aromatic carbocycles. The van der Waals surface area contributed by atoms with Gasteiger partial charge in [-0.1, -0.05) is 46.9 Å². The van der Waals surface area contributed by atoms with E-state index in [2.05, 4.69) is 5.32 Å². The Labute approximate surface area is 166 Å². The molecule has 1 amide bonds. The lowest BCUT2D eigenvalue weighted by Crippen LogP contribution is -2.25. The van der Waals surface area contributed by atoms with Gasteiger partial charge in [-0.3, -0.25) is 4.79 Å². The van der Waals surface area contributed by atoms with E-state index in [1.807, 2.05) is 6.07 Å². The van der Waals surface area contributed by atoms with Gasteiger partial charge >= 0.3 is 0 Å². The molecule has 0 bridgehead atoms. The van der Waals surface area contributed by atoms with E-state index in [4.69, 9.17) is 34.8 Å². The number of benzene rings is 2. The predicted molar refractivity (Wildman–Crippen MR) is 105 cm³/mol. The maximum atomic E-state index is 13.6. The molecule has 0 aliphatic heterocycles. The van der Waals surface area contributed by atoms with Gasteiger partial charge in [0.15, 0.2) is 0 Å². The van der Waals surface area contributed by atoms with Crippen molar-refractivity contribution < 1.29 is 9.18 Å². The number of rotatable bonds is 8. The lowest BCUT2D eigenvalue weighted by Gasteiger charge is -2.07. The van der Waals surface area contributed by atoms with Gasteiger partial charge in [0, 0.05) is 35.1 Å². The zero-order valence-electron chi connectivity index (χ0n) is 13.3. The van der Waals surface area contributed by atoms with Crippen LogP contribution in [0.5, 0.6) is 0 Å². The Kier molecular flexibility index (Phi) is 8.37. The SMILES string of the molecule is O=C(CCc1ccc(Cl)c(Cl)c1)NCCSCc1c(F)cccc1Cl. The van der Waals surface area contributed by atoms with Crippen LogP contribution >= 0.6 is 46.6 Å². The van der Waals surface area contributed by atoms with Crippen molar-refractivity contribution >= 4 is 52.5 Å². The number of carbonyl (C=O) groups excluding carboxylic acids is 1. The lowest BCUT2D eigenvalue weighted by molar-refractivity contribution is -0.120. The number of hydrogen-bond acceptors (Lipinski definition) is 2. The first kappa shape index (κ1) is 20.4.